The fraction of sp³-hybridized carbons (Fsp3) is 0.316. The maximum Gasteiger partial charge on any atom is 0.223 e. The van der Waals surface area contributed by atoms with Crippen molar-refractivity contribution in [1.29, 1.82) is 0 Å². The summed E-state index contributed by atoms with van der Waals surface area (Å²) < 4.78 is 11.5. The molecule has 2 unspecified atom stereocenters. The molecule has 2 atom stereocenters. The molecule has 0 saturated heterocycles. The van der Waals surface area contributed by atoms with Crippen LogP contribution in [0, 0.1) is 0 Å². The van der Waals surface area contributed by atoms with Gasteiger partial charge in [-0.1, -0.05) is 30.3 Å². The highest BCUT2D eigenvalue weighted by molar-refractivity contribution is 7.84. The molecular weight excluding hydrogens is 320 g/mol. The van der Waals surface area contributed by atoms with Gasteiger partial charge in [-0.2, -0.15) is 0 Å². The zero-order chi connectivity index (χ0) is 17.7. The first kappa shape index (κ1) is 18.2. The topological polar surface area (TPSA) is 63.4 Å². The zero-order valence-electron chi connectivity index (χ0n) is 14.4. The lowest BCUT2D eigenvalue weighted by atomic mass is 10.0. The zero-order valence-corrected chi connectivity index (χ0v) is 15.2. The van der Waals surface area contributed by atoms with Gasteiger partial charge in [0.25, 0.3) is 0 Å². The van der Waals surface area contributed by atoms with Crippen molar-refractivity contribution in [3.63, 3.8) is 0 Å². The van der Waals surface area contributed by atoms with Crippen LogP contribution in [0.25, 0.3) is 0 Å². The van der Waals surface area contributed by atoms with E-state index in [4.69, 9.17) is 5.73 Å². The smallest absolute Gasteiger partial charge is 0.223 e. The number of amides is 1. The van der Waals surface area contributed by atoms with E-state index in [-0.39, 0.29) is 11.9 Å². The van der Waals surface area contributed by atoms with Crippen LogP contribution in [0.3, 0.4) is 0 Å². The Morgan fingerprint density at radius 1 is 1.17 bits per heavy atom. The first-order valence-corrected chi connectivity index (χ1v) is 9.48. The molecule has 2 aromatic carbocycles. The number of rotatable bonds is 6. The van der Waals surface area contributed by atoms with Crippen LogP contribution >= 0.6 is 0 Å². The van der Waals surface area contributed by atoms with Gasteiger partial charge in [0, 0.05) is 41.1 Å². The number of nitrogens with two attached hydrogens (primary N) is 1. The molecule has 0 fully saturated rings. The Morgan fingerprint density at radius 3 is 2.38 bits per heavy atom. The summed E-state index contributed by atoms with van der Waals surface area (Å²) in [7, 11) is 0.824. The van der Waals surface area contributed by atoms with E-state index in [0.29, 0.717) is 12.8 Å². The summed E-state index contributed by atoms with van der Waals surface area (Å²) >= 11 is 0. The van der Waals surface area contributed by atoms with Crippen LogP contribution in [0.4, 0.5) is 5.69 Å². The molecule has 2 N–H and O–H groups in total. The third-order valence-corrected chi connectivity index (χ3v) is 5.27. The molecule has 0 spiro atoms. The molecule has 128 valence electrons. The largest absolute Gasteiger partial charge is 0.399 e. The first-order valence-electron chi connectivity index (χ1n) is 7.92. The van der Waals surface area contributed by atoms with Gasteiger partial charge in [-0.15, -0.1) is 0 Å². The Kier molecular flexibility index (Phi) is 6.15. The van der Waals surface area contributed by atoms with Crippen molar-refractivity contribution in [2.75, 3.05) is 19.0 Å². The van der Waals surface area contributed by atoms with Crippen LogP contribution in [0.1, 0.15) is 30.5 Å². The number of carbonyl (C=O) groups is 1. The van der Waals surface area contributed by atoms with Crippen LogP contribution < -0.4 is 5.73 Å². The highest BCUT2D eigenvalue weighted by Crippen LogP contribution is 2.21. The molecule has 2 aromatic rings. The molecule has 1 amide bonds. The van der Waals surface area contributed by atoms with Crippen LogP contribution in [0.5, 0.6) is 0 Å². The molecule has 0 heterocycles. The lowest BCUT2D eigenvalue weighted by Crippen LogP contribution is -2.29. The number of nitrogens with zero attached hydrogens (tertiary/aromatic N) is 1. The molecule has 0 saturated carbocycles. The van der Waals surface area contributed by atoms with Gasteiger partial charge in [0.05, 0.1) is 6.04 Å². The van der Waals surface area contributed by atoms with Crippen molar-refractivity contribution in [2.45, 2.75) is 30.7 Å². The van der Waals surface area contributed by atoms with Gasteiger partial charge in [-0.25, -0.2) is 0 Å². The molecular formula is C19H24N2O2S. The molecule has 0 aromatic heterocycles. The number of nitrogen functional groups attached to an aromatic ring is 1. The molecule has 0 aliphatic heterocycles. The molecule has 0 radical (unpaired) electrons. The minimum absolute atomic E-state index is 0.0371. The van der Waals surface area contributed by atoms with Gasteiger partial charge in [-0.3, -0.25) is 9.00 Å². The highest BCUT2D eigenvalue weighted by Gasteiger charge is 2.17. The molecule has 24 heavy (non-hydrogen) atoms. The summed E-state index contributed by atoms with van der Waals surface area (Å²) in [4.78, 5) is 15.0. The van der Waals surface area contributed by atoms with Crippen LogP contribution in [0.2, 0.25) is 0 Å². The van der Waals surface area contributed by atoms with E-state index >= 15 is 0 Å². The highest BCUT2D eigenvalue weighted by atomic mass is 32.2. The Hall–Kier alpha value is -2.14. The van der Waals surface area contributed by atoms with E-state index in [9.17, 15) is 9.00 Å². The summed E-state index contributed by atoms with van der Waals surface area (Å²) in [6.07, 6.45) is 2.71. The molecule has 4 nitrogen and oxygen atoms in total. The number of anilines is 1. The first-order chi connectivity index (χ1) is 11.4. The summed E-state index contributed by atoms with van der Waals surface area (Å²) in [5.74, 6) is 0.0777. The van der Waals surface area contributed by atoms with E-state index in [2.05, 4.69) is 0 Å². The standard InChI is InChI=1S/C19H24N2O2S/c1-14(15-8-11-17(12-9-15)24(3)23)21(2)19(22)13-10-16-6-4-5-7-18(16)20/h4-9,11-12,14H,10,13,20H2,1-3H3. The van der Waals surface area contributed by atoms with Crippen molar-refractivity contribution in [3.8, 4) is 0 Å². The van der Waals surface area contributed by atoms with E-state index in [1.807, 2.05) is 62.5 Å². The van der Waals surface area contributed by atoms with Crippen molar-refractivity contribution < 1.29 is 9.00 Å². The normalized spacial score (nSPS) is 13.3. The number of hydrogen-bond acceptors (Lipinski definition) is 3. The third kappa shape index (κ3) is 4.45. The van der Waals surface area contributed by atoms with Crippen LogP contribution in [-0.4, -0.2) is 28.3 Å². The maximum absolute atomic E-state index is 12.5. The fourth-order valence-electron chi connectivity index (χ4n) is 2.56. The SMILES string of the molecule is CC(c1ccc(S(C)=O)cc1)N(C)C(=O)CCc1ccccc1N. The van der Waals surface area contributed by atoms with Gasteiger partial charge < -0.3 is 10.6 Å². The van der Waals surface area contributed by atoms with Gasteiger partial charge in [0.15, 0.2) is 0 Å². The summed E-state index contributed by atoms with van der Waals surface area (Å²) in [6, 6.07) is 15.2. The number of benzene rings is 2. The van der Waals surface area contributed by atoms with Crippen LogP contribution in [0.15, 0.2) is 53.4 Å². The third-order valence-electron chi connectivity index (χ3n) is 4.33. The Morgan fingerprint density at radius 2 is 1.79 bits per heavy atom. The van der Waals surface area contributed by atoms with E-state index < -0.39 is 10.8 Å². The van der Waals surface area contributed by atoms with E-state index in [0.717, 1.165) is 21.7 Å². The summed E-state index contributed by atoms with van der Waals surface area (Å²) in [6.45, 7) is 1.99. The van der Waals surface area contributed by atoms with E-state index in [1.165, 1.54) is 0 Å². The summed E-state index contributed by atoms with van der Waals surface area (Å²) in [5.41, 5.74) is 8.68. The minimum atomic E-state index is -0.989. The number of hydrogen-bond donors (Lipinski definition) is 1. The molecule has 0 bridgehead atoms. The van der Waals surface area contributed by atoms with Crippen molar-refractivity contribution in [1.82, 2.24) is 4.90 Å². The second-order valence-electron chi connectivity index (χ2n) is 5.90. The fourth-order valence-corrected chi connectivity index (χ4v) is 3.08. The minimum Gasteiger partial charge on any atom is -0.399 e. The lowest BCUT2D eigenvalue weighted by Gasteiger charge is -2.25. The van der Waals surface area contributed by atoms with Gasteiger partial charge in [0.2, 0.25) is 5.91 Å². The predicted molar refractivity (Wildman–Crippen MR) is 99.1 cm³/mol. The molecule has 0 aliphatic carbocycles. The molecule has 2 rings (SSSR count). The van der Waals surface area contributed by atoms with Crippen molar-refractivity contribution in [2.24, 2.45) is 0 Å². The Labute approximate surface area is 146 Å². The molecule has 0 aliphatic rings. The Balaban J connectivity index is 1.99. The second-order valence-corrected chi connectivity index (χ2v) is 7.28. The van der Waals surface area contributed by atoms with Crippen molar-refractivity contribution in [3.05, 3.63) is 59.7 Å². The average molecular weight is 344 g/mol. The second kappa shape index (κ2) is 8.11. The van der Waals surface area contributed by atoms with Gasteiger partial charge >= 0.3 is 0 Å². The Bertz CT molecular complexity index is 728. The summed E-state index contributed by atoms with van der Waals surface area (Å²) in [5, 5.41) is 0. The quantitative estimate of drug-likeness (QED) is 0.819. The van der Waals surface area contributed by atoms with Crippen molar-refractivity contribution >= 4 is 22.4 Å². The number of aryl methyl sites for hydroxylation is 1. The maximum atomic E-state index is 12.5. The number of para-hydroxylation sites is 1. The number of carbonyl (C=O) groups excluding carboxylic acids is 1. The monoisotopic (exact) mass is 344 g/mol. The van der Waals surface area contributed by atoms with Gasteiger partial charge in [-0.05, 0) is 42.7 Å². The predicted octanol–water partition coefficient (Wildman–Crippen LogP) is 3.16. The van der Waals surface area contributed by atoms with Crippen LogP contribution in [-0.2, 0) is 22.0 Å². The molecule has 5 heteroatoms. The average Bonchev–Trinajstić information content (AvgIpc) is 2.59. The van der Waals surface area contributed by atoms with Gasteiger partial charge in [0.1, 0.15) is 0 Å². The van der Waals surface area contributed by atoms with E-state index in [1.54, 1.807) is 11.2 Å². The lowest BCUT2D eigenvalue weighted by molar-refractivity contribution is -0.131.